The van der Waals surface area contributed by atoms with Crippen LogP contribution in [0.1, 0.15) is 25.2 Å². The molecular formula is C24H25N3O2S. The van der Waals surface area contributed by atoms with Crippen molar-refractivity contribution in [2.24, 2.45) is 5.92 Å². The fraction of sp³-hybridized carbons (Fsp3) is 0.208. The Bertz CT molecular complexity index is 1140. The predicted octanol–water partition coefficient (Wildman–Crippen LogP) is 5.68. The second-order valence-electron chi connectivity index (χ2n) is 7.66. The molecule has 30 heavy (non-hydrogen) atoms. The molecule has 1 heterocycles. The van der Waals surface area contributed by atoms with Crippen molar-refractivity contribution in [2.75, 3.05) is 10.5 Å². The number of hydrogen-bond donors (Lipinski definition) is 2. The van der Waals surface area contributed by atoms with Gasteiger partial charge in [0.05, 0.1) is 11.0 Å². The molecule has 0 saturated heterocycles. The van der Waals surface area contributed by atoms with E-state index in [1.807, 2.05) is 72.8 Å². The van der Waals surface area contributed by atoms with Crippen LogP contribution in [0.4, 0.5) is 5.69 Å². The van der Waals surface area contributed by atoms with E-state index in [1.165, 1.54) is 0 Å². The molecule has 5 nitrogen and oxygen atoms in total. The standard InChI is InChI=1S/C24H25N3O2S/c1-17(2)16-30(28)27-19-10-13-22-23(15-19)26-24(25-22)14-18-8-11-21(12-9-18)29-20-6-4-3-5-7-20/h3-13,15,17,27H,14,16H2,1-2H3,(H,25,26). The van der Waals surface area contributed by atoms with Gasteiger partial charge in [-0.15, -0.1) is 0 Å². The Balaban J connectivity index is 1.43. The summed E-state index contributed by atoms with van der Waals surface area (Å²) in [7, 11) is -1.08. The smallest absolute Gasteiger partial charge is 0.127 e. The molecule has 4 aromatic rings. The second kappa shape index (κ2) is 9.13. The summed E-state index contributed by atoms with van der Waals surface area (Å²) < 4.78 is 21.0. The molecule has 2 N–H and O–H groups in total. The molecule has 0 spiro atoms. The van der Waals surface area contributed by atoms with Crippen molar-refractivity contribution in [2.45, 2.75) is 20.3 Å². The molecular weight excluding hydrogens is 394 g/mol. The van der Waals surface area contributed by atoms with Crippen molar-refractivity contribution in [3.05, 3.63) is 84.2 Å². The van der Waals surface area contributed by atoms with E-state index in [-0.39, 0.29) is 0 Å². The third-order valence-corrected chi connectivity index (χ3v) is 5.95. The van der Waals surface area contributed by atoms with Crippen LogP contribution in [0.25, 0.3) is 11.0 Å². The van der Waals surface area contributed by atoms with E-state index < -0.39 is 11.0 Å². The number of benzene rings is 3. The second-order valence-corrected chi connectivity index (χ2v) is 8.89. The van der Waals surface area contributed by atoms with Crippen LogP contribution in [0.15, 0.2) is 72.8 Å². The minimum absolute atomic E-state index is 0.380. The molecule has 0 bridgehead atoms. The van der Waals surface area contributed by atoms with Crippen LogP contribution in [-0.2, 0) is 17.4 Å². The van der Waals surface area contributed by atoms with Crippen LogP contribution < -0.4 is 9.46 Å². The van der Waals surface area contributed by atoms with Crippen LogP contribution in [0.3, 0.4) is 0 Å². The first kappa shape index (κ1) is 20.2. The summed E-state index contributed by atoms with van der Waals surface area (Å²) >= 11 is 0. The van der Waals surface area contributed by atoms with E-state index in [1.54, 1.807) is 0 Å². The lowest BCUT2D eigenvalue weighted by Crippen LogP contribution is -2.12. The summed E-state index contributed by atoms with van der Waals surface area (Å²) in [5, 5.41) is 0. The van der Waals surface area contributed by atoms with Crippen molar-refractivity contribution in [1.29, 1.82) is 0 Å². The number of anilines is 1. The monoisotopic (exact) mass is 419 g/mol. The molecule has 1 unspecified atom stereocenters. The molecule has 154 valence electrons. The Labute approximate surface area is 179 Å². The first-order valence-electron chi connectivity index (χ1n) is 10.0. The number of para-hydroxylation sites is 1. The van der Waals surface area contributed by atoms with Crippen LogP contribution in [0.5, 0.6) is 11.5 Å². The highest BCUT2D eigenvalue weighted by Gasteiger charge is 2.08. The van der Waals surface area contributed by atoms with E-state index in [0.717, 1.165) is 39.6 Å². The number of hydrogen-bond acceptors (Lipinski definition) is 3. The summed E-state index contributed by atoms with van der Waals surface area (Å²) in [5.41, 5.74) is 3.81. The predicted molar refractivity (Wildman–Crippen MR) is 123 cm³/mol. The van der Waals surface area contributed by atoms with Crippen LogP contribution in [-0.4, -0.2) is 19.9 Å². The highest BCUT2D eigenvalue weighted by atomic mass is 32.2. The zero-order valence-electron chi connectivity index (χ0n) is 17.1. The van der Waals surface area contributed by atoms with Crippen LogP contribution >= 0.6 is 0 Å². The molecule has 0 amide bonds. The molecule has 0 saturated carbocycles. The third kappa shape index (κ3) is 5.27. The first-order chi connectivity index (χ1) is 14.5. The molecule has 0 radical (unpaired) electrons. The normalized spacial score (nSPS) is 12.2. The van der Waals surface area contributed by atoms with Gasteiger partial charge in [0.1, 0.15) is 28.3 Å². The zero-order chi connectivity index (χ0) is 20.9. The maximum atomic E-state index is 12.1. The number of fused-ring (bicyclic) bond motifs is 1. The van der Waals surface area contributed by atoms with Gasteiger partial charge in [-0.25, -0.2) is 9.19 Å². The van der Waals surface area contributed by atoms with Gasteiger partial charge >= 0.3 is 0 Å². The van der Waals surface area contributed by atoms with E-state index >= 15 is 0 Å². The van der Waals surface area contributed by atoms with Gasteiger partial charge in [0.25, 0.3) is 0 Å². The molecule has 1 atom stereocenters. The lowest BCUT2D eigenvalue weighted by Gasteiger charge is -2.07. The number of imidazole rings is 1. The average molecular weight is 420 g/mol. The molecule has 0 aliphatic heterocycles. The summed E-state index contributed by atoms with van der Waals surface area (Å²) in [6.45, 7) is 4.12. The first-order valence-corrected chi connectivity index (χ1v) is 11.3. The third-order valence-electron chi connectivity index (χ3n) is 4.52. The number of nitrogens with one attached hydrogen (secondary N) is 2. The van der Waals surface area contributed by atoms with Gasteiger partial charge in [0.15, 0.2) is 0 Å². The van der Waals surface area contributed by atoms with Crippen LogP contribution in [0, 0.1) is 5.92 Å². The summed E-state index contributed by atoms with van der Waals surface area (Å²) in [4.78, 5) is 8.05. The quantitative estimate of drug-likeness (QED) is 0.386. The molecule has 0 fully saturated rings. The minimum Gasteiger partial charge on any atom is -0.457 e. The molecule has 4 rings (SSSR count). The SMILES string of the molecule is CC(C)CS(=O)Nc1ccc2nc(Cc3ccc(Oc4ccccc4)cc3)[nH]c2c1. The topological polar surface area (TPSA) is 67.0 Å². The molecule has 6 heteroatoms. The Morgan fingerprint density at radius 2 is 1.73 bits per heavy atom. The van der Waals surface area contributed by atoms with Gasteiger partial charge in [-0.3, -0.25) is 0 Å². The molecule has 0 aliphatic carbocycles. The van der Waals surface area contributed by atoms with Crippen molar-refractivity contribution in [3.63, 3.8) is 0 Å². The van der Waals surface area contributed by atoms with Crippen molar-refractivity contribution in [3.8, 4) is 11.5 Å². The van der Waals surface area contributed by atoms with E-state index in [2.05, 4.69) is 28.5 Å². The lowest BCUT2D eigenvalue weighted by atomic mass is 10.1. The van der Waals surface area contributed by atoms with Gasteiger partial charge < -0.3 is 14.4 Å². The number of aromatic amines is 1. The fourth-order valence-electron chi connectivity index (χ4n) is 3.18. The maximum absolute atomic E-state index is 12.1. The van der Waals surface area contributed by atoms with Gasteiger partial charge in [0.2, 0.25) is 0 Å². The summed E-state index contributed by atoms with van der Waals surface area (Å²) in [6, 6.07) is 23.6. The largest absolute Gasteiger partial charge is 0.457 e. The average Bonchev–Trinajstić information content (AvgIpc) is 3.11. The van der Waals surface area contributed by atoms with Crippen LogP contribution in [0.2, 0.25) is 0 Å². The van der Waals surface area contributed by atoms with Crippen molar-refractivity contribution in [1.82, 2.24) is 9.97 Å². The highest BCUT2D eigenvalue weighted by Crippen LogP contribution is 2.23. The van der Waals surface area contributed by atoms with Gasteiger partial charge in [-0.2, -0.15) is 0 Å². The minimum atomic E-state index is -1.08. The number of ether oxygens (including phenoxy) is 1. The molecule has 1 aromatic heterocycles. The number of rotatable bonds is 8. The number of aromatic nitrogens is 2. The summed E-state index contributed by atoms with van der Waals surface area (Å²) in [5.74, 6) is 3.52. The molecule has 0 aliphatic rings. The van der Waals surface area contributed by atoms with Gasteiger partial charge in [0, 0.05) is 17.9 Å². The zero-order valence-corrected chi connectivity index (χ0v) is 17.9. The van der Waals surface area contributed by atoms with E-state index in [0.29, 0.717) is 18.1 Å². The van der Waals surface area contributed by atoms with Gasteiger partial charge in [-0.1, -0.05) is 44.2 Å². The number of nitrogens with zero attached hydrogens (tertiary/aromatic N) is 1. The Morgan fingerprint density at radius 1 is 1.00 bits per heavy atom. The Morgan fingerprint density at radius 3 is 2.47 bits per heavy atom. The fourth-order valence-corrected chi connectivity index (χ4v) is 4.26. The number of H-pyrrole nitrogens is 1. The van der Waals surface area contributed by atoms with Gasteiger partial charge in [-0.05, 0) is 53.9 Å². The molecule has 3 aromatic carbocycles. The highest BCUT2D eigenvalue weighted by molar-refractivity contribution is 7.86. The van der Waals surface area contributed by atoms with E-state index in [4.69, 9.17) is 4.74 Å². The maximum Gasteiger partial charge on any atom is 0.127 e. The Hall–Kier alpha value is -3.12. The summed E-state index contributed by atoms with van der Waals surface area (Å²) in [6.07, 6.45) is 0.697. The van der Waals surface area contributed by atoms with Crippen molar-refractivity contribution < 1.29 is 8.95 Å². The van der Waals surface area contributed by atoms with E-state index in [9.17, 15) is 4.21 Å². The Kier molecular flexibility index (Phi) is 6.14. The van der Waals surface area contributed by atoms with Crippen molar-refractivity contribution >= 4 is 27.7 Å². The lowest BCUT2D eigenvalue weighted by molar-refractivity contribution is 0.482.